The van der Waals surface area contributed by atoms with Gasteiger partial charge >= 0.3 is 5.63 Å². The zero-order chi connectivity index (χ0) is 18.9. The lowest BCUT2D eigenvalue weighted by Crippen LogP contribution is -2.11. The van der Waals surface area contributed by atoms with Crippen molar-refractivity contribution in [2.24, 2.45) is 0 Å². The summed E-state index contributed by atoms with van der Waals surface area (Å²) in [7, 11) is 0. The topological polar surface area (TPSA) is 112 Å². The van der Waals surface area contributed by atoms with E-state index < -0.39 is 5.63 Å². The van der Waals surface area contributed by atoms with E-state index in [-0.39, 0.29) is 11.4 Å². The van der Waals surface area contributed by atoms with Gasteiger partial charge in [0.1, 0.15) is 12.2 Å². The Labute approximate surface area is 155 Å². The van der Waals surface area contributed by atoms with Crippen LogP contribution in [0.1, 0.15) is 19.8 Å². The first-order valence-corrected chi connectivity index (χ1v) is 8.88. The fourth-order valence-electron chi connectivity index (χ4n) is 2.44. The fraction of sp³-hybridized carbons (Fsp3) is 0.444. The quantitative estimate of drug-likeness (QED) is 0.401. The first-order chi connectivity index (χ1) is 13.3. The number of aromatic nitrogens is 4. The van der Waals surface area contributed by atoms with Gasteiger partial charge in [0.25, 0.3) is 0 Å². The Morgan fingerprint density at radius 1 is 1.11 bits per heavy atom. The first-order valence-electron chi connectivity index (χ1n) is 8.88. The Kier molecular flexibility index (Phi) is 6.89. The van der Waals surface area contributed by atoms with Crippen molar-refractivity contribution in [1.82, 2.24) is 20.6 Å². The van der Waals surface area contributed by atoms with Crippen molar-refractivity contribution in [3.63, 3.8) is 0 Å². The maximum Gasteiger partial charge on any atom is 0.347 e. The molecule has 1 N–H and O–H groups in total. The van der Waals surface area contributed by atoms with E-state index in [1.54, 1.807) is 12.1 Å². The summed E-state index contributed by atoms with van der Waals surface area (Å²) in [6.45, 7) is 4.73. The van der Waals surface area contributed by atoms with Crippen LogP contribution in [0.2, 0.25) is 0 Å². The number of ether oxygens (including phenoxy) is 3. The zero-order valence-corrected chi connectivity index (χ0v) is 15.1. The molecule has 0 spiro atoms. The number of rotatable bonds is 11. The van der Waals surface area contributed by atoms with Crippen molar-refractivity contribution in [3.05, 3.63) is 34.7 Å². The summed E-state index contributed by atoms with van der Waals surface area (Å²) in [6, 6.07) is 7.04. The number of nitrogens with zero attached hydrogens (tertiary/aromatic N) is 3. The Morgan fingerprint density at radius 2 is 1.93 bits per heavy atom. The van der Waals surface area contributed by atoms with Gasteiger partial charge in [-0.15, -0.1) is 10.2 Å². The van der Waals surface area contributed by atoms with Gasteiger partial charge in [0.05, 0.1) is 19.8 Å². The Morgan fingerprint density at radius 3 is 2.70 bits per heavy atom. The van der Waals surface area contributed by atoms with E-state index in [0.29, 0.717) is 43.1 Å². The van der Waals surface area contributed by atoms with Gasteiger partial charge in [0.15, 0.2) is 11.3 Å². The van der Waals surface area contributed by atoms with Crippen LogP contribution in [-0.4, -0.2) is 53.7 Å². The molecule has 3 aromatic rings. The number of hydrogen-bond donors (Lipinski definition) is 1. The molecule has 2 aromatic heterocycles. The molecule has 0 radical (unpaired) electrons. The molecule has 27 heavy (non-hydrogen) atoms. The minimum Gasteiger partial charge on any atom is -0.487 e. The lowest BCUT2D eigenvalue weighted by Gasteiger charge is -2.09. The molecule has 0 unspecified atom stereocenters. The average Bonchev–Trinajstić information content (AvgIpc) is 3.21. The van der Waals surface area contributed by atoms with E-state index >= 15 is 0 Å². The molecule has 3 rings (SSSR count). The average molecular weight is 374 g/mol. The monoisotopic (exact) mass is 374 g/mol. The Bertz CT molecular complexity index is 894. The minimum absolute atomic E-state index is 0.187. The van der Waals surface area contributed by atoms with Gasteiger partial charge in [0.2, 0.25) is 5.82 Å². The molecule has 0 aliphatic carbocycles. The van der Waals surface area contributed by atoms with E-state index in [0.717, 1.165) is 19.4 Å². The van der Waals surface area contributed by atoms with Crippen LogP contribution in [0, 0.1) is 0 Å². The van der Waals surface area contributed by atoms with E-state index in [9.17, 15) is 4.79 Å². The molecule has 0 amide bonds. The highest BCUT2D eigenvalue weighted by atomic mass is 16.5. The van der Waals surface area contributed by atoms with Crippen molar-refractivity contribution in [2.45, 2.75) is 19.8 Å². The summed E-state index contributed by atoms with van der Waals surface area (Å²) >= 11 is 0. The zero-order valence-electron chi connectivity index (χ0n) is 15.1. The van der Waals surface area contributed by atoms with Crippen molar-refractivity contribution >= 4 is 11.0 Å². The number of benzene rings is 1. The van der Waals surface area contributed by atoms with Crippen LogP contribution < -0.4 is 10.4 Å². The van der Waals surface area contributed by atoms with Gasteiger partial charge in [-0.2, -0.15) is 5.21 Å². The molecule has 0 fully saturated rings. The number of H-pyrrole nitrogens is 1. The minimum atomic E-state index is -0.555. The summed E-state index contributed by atoms with van der Waals surface area (Å²) < 4.78 is 22.0. The first kappa shape index (κ1) is 19.0. The maximum atomic E-state index is 12.2. The Hall–Kier alpha value is -2.78. The second kappa shape index (κ2) is 9.79. The molecular weight excluding hydrogens is 352 g/mol. The predicted molar refractivity (Wildman–Crippen MR) is 97.7 cm³/mol. The number of hydrogen-bond acceptors (Lipinski definition) is 8. The molecule has 0 bridgehead atoms. The molecule has 1 aromatic carbocycles. The van der Waals surface area contributed by atoms with E-state index in [1.165, 1.54) is 0 Å². The third-order valence-corrected chi connectivity index (χ3v) is 3.81. The highest BCUT2D eigenvalue weighted by Crippen LogP contribution is 2.26. The predicted octanol–water partition coefficient (Wildman–Crippen LogP) is 2.19. The van der Waals surface area contributed by atoms with Gasteiger partial charge in [0, 0.05) is 12.0 Å². The van der Waals surface area contributed by atoms with Crippen LogP contribution in [0.4, 0.5) is 0 Å². The lowest BCUT2D eigenvalue weighted by atomic mass is 10.1. The highest BCUT2D eigenvalue weighted by molar-refractivity contribution is 5.85. The largest absolute Gasteiger partial charge is 0.487 e. The molecular formula is C18H22N4O5. The smallest absolute Gasteiger partial charge is 0.347 e. The molecule has 9 heteroatoms. The molecule has 0 saturated heterocycles. The van der Waals surface area contributed by atoms with Crippen LogP contribution in [0.3, 0.4) is 0 Å². The number of fused-ring (bicyclic) bond motifs is 1. The second-order valence-electron chi connectivity index (χ2n) is 5.78. The maximum absolute atomic E-state index is 12.2. The third-order valence-electron chi connectivity index (χ3n) is 3.81. The second-order valence-corrected chi connectivity index (χ2v) is 5.78. The molecule has 0 atom stereocenters. The summed E-state index contributed by atoms with van der Waals surface area (Å²) in [5, 5.41) is 14.1. The van der Waals surface area contributed by atoms with E-state index in [4.69, 9.17) is 18.6 Å². The standard InChI is InChI=1S/C18H22N4O5/c1-2-3-7-24-8-9-25-10-11-26-15-6-4-5-13-12-14(17-19-21-22-20-17)18(23)27-16(13)15/h4-6,12H,2-3,7-11H2,1H3,(H,19,20,21,22). The molecule has 9 nitrogen and oxygen atoms in total. The van der Waals surface area contributed by atoms with E-state index in [1.807, 2.05) is 12.1 Å². The third kappa shape index (κ3) is 5.11. The number of para-hydroxylation sites is 1. The van der Waals surface area contributed by atoms with Crippen LogP contribution in [-0.2, 0) is 9.47 Å². The number of unbranched alkanes of at least 4 members (excludes halogenated alkanes) is 1. The van der Waals surface area contributed by atoms with Gasteiger partial charge < -0.3 is 18.6 Å². The van der Waals surface area contributed by atoms with Crippen molar-refractivity contribution in [2.75, 3.05) is 33.0 Å². The summed E-state index contributed by atoms with van der Waals surface area (Å²) in [5.74, 6) is 0.665. The van der Waals surface area contributed by atoms with E-state index in [2.05, 4.69) is 27.5 Å². The van der Waals surface area contributed by atoms with Gasteiger partial charge in [-0.3, -0.25) is 0 Å². The molecule has 0 saturated carbocycles. The van der Waals surface area contributed by atoms with Crippen molar-refractivity contribution in [3.8, 4) is 17.1 Å². The van der Waals surface area contributed by atoms with Gasteiger partial charge in [-0.25, -0.2) is 4.79 Å². The molecule has 2 heterocycles. The van der Waals surface area contributed by atoms with Crippen molar-refractivity contribution in [1.29, 1.82) is 0 Å². The fourth-order valence-corrected chi connectivity index (χ4v) is 2.44. The molecule has 144 valence electrons. The summed E-state index contributed by atoms with van der Waals surface area (Å²) in [4.78, 5) is 12.2. The number of tetrazole rings is 1. The number of aromatic amines is 1. The van der Waals surface area contributed by atoms with Gasteiger partial charge in [-0.1, -0.05) is 25.5 Å². The number of nitrogens with one attached hydrogen (secondary N) is 1. The van der Waals surface area contributed by atoms with Crippen molar-refractivity contribution < 1.29 is 18.6 Å². The lowest BCUT2D eigenvalue weighted by molar-refractivity contribution is 0.0356. The van der Waals surface area contributed by atoms with Gasteiger partial charge in [-0.05, 0) is 23.8 Å². The molecule has 0 aliphatic heterocycles. The summed E-state index contributed by atoms with van der Waals surface area (Å²) in [6.07, 6.45) is 2.18. The van der Waals surface area contributed by atoms with Crippen LogP contribution in [0.25, 0.3) is 22.4 Å². The normalized spacial score (nSPS) is 11.1. The van der Waals surface area contributed by atoms with Crippen LogP contribution >= 0.6 is 0 Å². The van der Waals surface area contributed by atoms with Crippen LogP contribution in [0.15, 0.2) is 33.5 Å². The summed E-state index contributed by atoms with van der Waals surface area (Å²) in [5.41, 5.74) is 0.0536. The highest BCUT2D eigenvalue weighted by Gasteiger charge is 2.14. The Balaban J connectivity index is 1.56. The van der Waals surface area contributed by atoms with Crippen LogP contribution in [0.5, 0.6) is 5.75 Å². The molecule has 0 aliphatic rings. The SMILES string of the molecule is CCCCOCCOCCOc1cccc2cc(-c3nn[nH]n3)c(=O)oc12.